The number of rotatable bonds is 2. The molecule has 1 fully saturated rings. The van der Waals surface area contributed by atoms with Crippen LogP contribution in [0.4, 0.5) is 0 Å². The van der Waals surface area contributed by atoms with Crippen LogP contribution in [0.15, 0.2) is 22.8 Å². The minimum Gasteiger partial charge on any atom is -0.459 e. The van der Waals surface area contributed by atoms with Gasteiger partial charge in [-0.15, -0.1) is 0 Å². The molecule has 4 nitrogen and oxygen atoms in total. The van der Waals surface area contributed by atoms with E-state index in [4.69, 9.17) is 9.15 Å². The maximum Gasteiger partial charge on any atom is 0.287 e. The summed E-state index contributed by atoms with van der Waals surface area (Å²) in [7, 11) is 0. The van der Waals surface area contributed by atoms with E-state index in [1.165, 1.54) is 6.26 Å². The Morgan fingerprint density at radius 2 is 2.50 bits per heavy atom. The minimum atomic E-state index is -0.246. The molecule has 1 N–H and O–H groups in total. The summed E-state index contributed by atoms with van der Waals surface area (Å²) in [6.45, 7) is 3.25. The molecule has 1 unspecified atom stereocenters. The van der Waals surface area contributed by atoms with E-state index in [0.29, 0.717) is 19.0 Å². The fourth-order valence-corrected chi connectivity index (χ4v) is 1.51. The molecule has 0 bridgehead atoms. The van der Waals surface area contributed by atoms with E-state index in [1.807, 2.05) is 6.92 Å². The molecule has 0 saturated carbocycles. The Kier molecular flexibility index (Phi) is 2.29. The monoisotopic (exact) mass is 195 g/mol. The van der Waals surface area contributed by atoms with Crippen molar-refractivity contribution in [3.05, 3.63) is 24.2 Å². The third kappa shape index (κ3) is 1.80. The van der Waals surface area contributed by atoms with Gasteiger partial charge in [0, 0.05) is 6.61 Å². The maximum absolute atomic E-state index is 11.6. The van der Waals surface area contributed by atoms with Gasteiger partial charge in [0.2, 0.25) is 0 Å². The quantitative estimate of drug-likeness (QED) is 0.771. The maximum atomic E-state index is 11.6. The van der Waals surface area contributed by atoms with Crippen molar-refractivity contribution in [2.45, 2.75) is 18.9 Å². The average Bonchev–Trinajstić information content (AvgIpc) is 2.74. The van der Waals surface area contributed by atoms with Gasteiger partial charge >= 0.3 is 0 Å². The predicted octanol–water partition coefficient (Wildman–Crippen LogP) is 1.19. The summed E-state index contributed by atoms with van der Waals surface area (Å²) >= 11 is 0. The summed E-state index contributed by atoms with van der Waals surface area (Å²) in [5.41, 5.74) is -0.246. The summed E-state index contributed by atoms with van der Waals surface area (Å²) in [6.07, 6.45) is 2.34. The molecule has 1 saturated heterocycles. The van der Waals surface area contributed by atoms with Gasteiger partial charge in [-0.1, -0.05) is 0 Å². The first-order chi connectivity index (χ1) is 6.70. The fourth-order valence-electron chi connectivity index (χ4n) is 1.51. The van der Waals surface area contributed by atoms with Crippen molar-refractivity contribution < 1.29 is 13.9 Å². The first kappa shape index (κ1) is 9.27. The van der Waals surface area contributed by atoms with Crippen molar-refractivity contribution in [3.63, 3.8) is 0 Å². The highest BCUT2D eigenvalue weighted by Crippen LogP contribution is 2.18. The van der Waals surface area contributed by atoms with E-state index < -0.39 is 0 Å². The molecule has 0 aliphatic carbocycles. The third-order valence-electron chi connectivity index (χ3n) is 2.38. The largest absolute Gasteiger partial charge is 0.459 e. The van der Waals surface area contributed by atoms with Crippen LogP contribution in [0.3, 0.4) is 0 Å². The Bertz CT molecular complexity index is 312. The molecule has 76 valence electrons. The molecule has 1 aromatic rings. The topological polar surface area (TPSA) is 51.5 Å². The molecule has 1 atom stereocenters. The van der Waals surface area contributed by atoms with Crippen LogP contribution in [-0.4, -0.2) is 24.7 Å². The van der Waals surface area contributed by atoms with Crippen LogP contribution in [-0.2, 0) is 4.74 Å². The van der Waals surface area contributed by atoms with Gasteiger partial charge in [-0.05, 0) is 25.5 Å². The second kappa shape index (κ2) is 3.46. The van der Waals surface area contributed by atoms with Crippen LogP contribution in [0, 0.1) is 0 Å². The van der Waals surface area contributed by atoms with Crippen LogP contribution < -0.4 is 5.32 Å². The first-order valence-electron chi connectivity index (χ1n) is 4.63. The van der Waals surface area contributed by atoms with Crippen LogP contribution in [0.5, 0.6) is 0 Å². The summed E-state index contributed by atoms with van der Waals surface area (Å²) in [4.78, 5) is 11.6. The van der Waals surface area contributed by atoms with E-state index in [2.05, 4.69) is 5.32 Å². The second-order valence-corrected chi connectivity index (χ2v) is 3.79. The lowest BCUT2D eigenvalue weighted by molar-refractivity contribution is 0.0861. The van der Waals surface area contributed by atoms with Gasteiger partial charge in [0.15, 0.2) is 5.76 Å². The molecule has 4 heteroatoms. The van der Waals surface area contributed by atoms with Gasteiger partial charge in [0.25, 0.3) is 5.91 Å². The van der Waals surface area contributed by atoms with Gasteiger partial charge in [-0.3, -0.25) is 4.79 Å². The summed E-state index contributed by atoms with van der Waals surface area (Å²) in [5.74, 6) is 0.168. The van der Waals surface area contributed by atoms with Crippen LogP contribution in [0.25, 0.3) is 0 Å². The number of hydrogen-bond donors (Lipinski definition) is 1. The Labute approximate surface area is 82.2 Å². The number of carbonyl (C=O) groups excluding carboxylic acids is 1. The van der Waals surface area contributed by atoms with Crippen molar-refractivity contribution >= 4 is 5.91 Å². The Balaban J connectivity index is 2.01. The third-order valence-corrected chi connectivity index (χ3v) is 2.38. The highest BCUT2D eigenvalue weighted by molar-refractivity contribution is 5.91. The van der Waals surface area contributed by atoms with Gasteiger partial charge in [-0.2, -0.15) is 0 Å². The van der Waals surface area contributed by atoms with E-state index in [-0.39, 0.29) is 11.4 Å². The smallest absolute Gasteiger partial charge is 0.287 e. The number of nitrogens with one attached hydrogen (secondary N) is 1. The van der Waals surface area contributed by atoms with E-state index in [0.717, 1.165) is 6.42 Å². The molecule has 2 rings (SSSR count). The van der Waals surface area contributed by atoms with E-state index in [1.54, 1.807) is 12.1 Å². The number of hydrogen-bond acceptors (Lipinski definition) is 3. The molecule has 2 heterocycles. The lowest BCUT2D eigenvalue weighted by atomic mass is 10.0. The molecule has 1 aliphatic rings. The summed E-state index contributed by atoms with van der Waals surface area (Å²) < 4.78 is 10.2. The number of amides is 1. The van der Waals surface area contributed by atoms with Crippen molar-refractivity contribution in [2.75, 3.05) is 13.2 Å². The number of furan rings is 1. The number of carbonyl (C=O) groups is 1. The zero-order valence-electron chi connectivity index (χ0n) is 8.08. The number of ether oxygens (including phenoxy) is 1. The SMILES string of the molecule is CC1(NC(=O)c2ccco2)CCOC1. The fraction of sp³-hybridized carbons (Fsp3) is 0.500. The highest BCUT2D eigenvalue weighted by Gasteiger charge is 2.31. The molecule has 1 aliphatic heterocycles. The standard InChI is InChI=1S/C10H13NO3/c1-10(4-6-13-7-10)11-9(12)8-3-2-5-14-8/h2-3,5H,4,6-7H2,1H3,(H,11,12). The normalized spacial score (nSPS) is 26.4. The molecular weight excluding hydrogens is 182 g/mol. The van der Waals surface area contributed by atoms with Gasteiger partial charge in [0.1, 0.15) is 0 Å². The van der Waals surface area contributed by atoms with Crippen LogP contribution in [0.1, 0.15) is 23.9 Å². The highest BCUT2D eigenvalue weighted by atomic mass is 16.5. The zero-order chi connectivity index (χ0) is 10.0. The minimum absolute atomic E-state index is 0.178. The van der Waals surface area contributed by atoms with Crippen molar-refractivity contribution in [2.24, 2.45) is 0 Å². The molecule has 1 aromatic heterocycles. The van der Waals surface area contributed by atoms with Gasteiger partial charge < -0.3 is 14.5 Å². The van der Waals surface area contributed by atoms with Gasteiger partial charge in [0.05, 0.1) is 18.4 Å². The molecule has 0 spiro atoms. The first-order valence-corrected chi connectivity index (χ1v) is 4.63. The van der Waals surface area contributed by atoms with Crippen molar-refractivity contribution in [3.8, 4) is 0 Å². The van der Waals surface area contributed by atoms with Crippen molar-refractivity contribution in [1.29, 1.82) is 0 Å². The zero-order valence-corrected chi connectivity index (χ0v) is 8.08. The predicted molar refractivity (Wildman–Crippen MR) is 50.0 cm³/mol. The van der Waals surface area contributed by atoms with E-state index >= 15 is 0 Å². The lowest BCUT2D eigenvalue weighted by Gasteiger charge is -2.22. The Morgan fingerprint density at radius 3 is 3.07 bits per heavy atom. The van der Waals surface area contributed by atoms with E-state index in [9.17, 15) is 4.79 Å². The van der Waals surface area contributed by atoms with Crippen LogP contribution in [0.2, 0.25) is 0 Å². The van der Waals surface area contributed by atoms with Crippen LogP contribution >= 0.6 is 0 Å². The van der Waals surface area contributed by atoms with Crippen molar-refractivity contribution in [1.82, 2.24) is 5.32 Å². The molecule has 1 amide bonds. The second-order valence-electron chi connectivity index (χ2n) is 3.79. The molecule has 0 radical (unpaired) electrons. The molecule has 14 heavy (non-hydrogen) atoms. The Hall–Kier alpha value is -1.29. The Morgan fingerprint density at radius 1 is 1.64 bits per heavy atom. The molecule has 0 aromatic carbocycles. The van der Waals surface area contributed by atoms with Gasteiger partial charge in [-0.25, -0.2) is 0 Å². The lowest BCUT2D eigenvalue weighted by Crippen LogP contribution is -2.46. The summed E-state index contributed by atoms with van der Waals surface area (Å²) in [5, 5.41) is 2.90. The summed E-state index contributed by atoms with van der Waals surface area (Å²) in [6, 6.07) is 3.34. The molecular formula is C10H13NO3. The average molecular weight is 195 g/mol.